The Hall–Kier alpha value is -4.27. The molecule has 36 heavy (non-hydrogen) atoms. The fourth-order valence-corrected chi connectivity index (χ4v) is 5.44. The minimum absolute atomic E-state index is 0.0657. The number of fused-ring (bicyclic) bond motifs is 3. The molecule has 0 aromatic heterocycles. The number of carbonyl (C=O) groups is 3. The van der Waals surface area contributed by atoms with E-state index in [0.29, 0.717) is 29.2 Å². The lowest BCUT2D eigenvalue weighted by atomic mass is 9.63. The molecule has 1 spiro atoms. The van der Waals surface area contributed by atoms with Gasteiger partial charge in [0.15, 0.2) is 17.3 Å². The number of methoxy groups -OCH3 is 2. The molecule has 0 radical (unpaired) electrons. The molecule has 186 valence electrons. The zero-order valence-corrected chi connectivity index (χ0v) is 20.2. The second-order valence-corrected chi connectivity index (χ2v) is 8.75. The van der Waals surface area contributed by atoms with Crippen LogP contribution in [0.1, 0.15) is 36.8 Å². The van der Waals surface area contributed by atoms with Crippen molar-refractivity contribution in [1.29, 1.82) is 0 Å². The highest BCUT2D eigenvalue weighted by Crippen LogP contribution is 2.55. The predicted molar refractivity (Wildman–Crippen MR) is 129 cm³/mol. The molecule has 0 saturated heterocycles. The Morgan fingerprint density at radius 2 is 1.86 bits per heavy atom. The van der Waals surface area contributed by atoms with E-state index in [4.69, 9.17) is 24.7 Å². The van der Waals surface area contributed by atoms with E-state index < -0.39 is 17.3 Å². The van der Waals surface area contributed by atoms with Gasteiger partial charge >= 0.3 is 5.97 Å². The van der Waals surface area contributed by atoms with E-state index in [1.807, 2.05) is 12.1 Å². The second-order valence-electron chi connectivity index (χ2n) is 8.75. The Morgan fingerprint density at radius 3 is 2.58 bits per heavy atom. The lowest BCUT2D eigenvalue weighted by molar-refractivity contribution is -0.141. The fraction of sp³-hybridized carbons (Fsp3) is 0.296. The lowest BCUT2D eigenvalue weighted by Crippen LogP contribution is -2.49. The summed E-state index contributed by atoms with van der Waals surface area (Å²) in [5.74, 6) is -0.783. The number of hydrogen-bond donors (Lipinski definition) is 2. The van der Waals surface area contributed by atoms with Gasteiger partial charge in [-0.15, -0.1) is 0 Å². The van der Waals surface area contributed by atoms with Crippen LogP contribution in [0.15, 0.2) is 65.3 Å². The van der Waals surface area contributed by atoms with E-state index >= 15 is 0 Å². The van der Waals surface area contributed by atoms with Gasteiger partial charge in [0.25, 0.3) is 0 Å². The maximum atomic E-state index is 13.8. The lowest BCUT2D eigenvalue weighted by Gasteiger charge is -2.40. The number of amides is 1. The molecule has 5 rings (SSSR count). The van der Waals surface area contributed by atoms with Crippen molar-refractivity contribution in [1.82, 2.24) is 0 Å². The van der Waals surface area contributed by atoms with Crippen molar-refractivity contribution in [3.8, 4) is 11.5 Å². The van der Waals surface area contributed by atoms with Crippen LogP contribution in [0.5, 0.6) is 11.5 Å². The molecule has 0 saturated carbocycles. The largest absolute Gasteiger partial charge is 0.493 e. The number of anilines is 1. The maximum Gasteiger partial charge on any atom is 0.341 e. The van der Waals surface area contributed by atoms with Gasteiger partial charge in [0.05, 0.1) is 26.4 Å². The van der Waals surface area contributed by atoms with E-state index in [-0.39, 0.29) is 47.5 Å². The first-order chi connectivity index (χ1) is 17.4. The molecule has 3 N–H and O–H groups in total. The number of ketones is 1. The SMILES string of the molecule is CCOC(=O)C1=C(N)OC2=C(C(=O)C[C@H](c3ccc(OC)c(OC)c3)C2)[C@@]12C(=O)Nc1ccccc12. The van der Waals surface area contributed by atoms with E-state index in [9.17, 15) is 14.4 Å². The highest BCUT2D eigenvalue weighted by atomic mass is 16.5. The third-order valence-electron chi connectivity index (χ3n) is 6.93. The van der Waals surface area contributed by atoms with Crippen molar-refractivity contribution in [2.24, 2.45) is 5.73 Å². The van der Waals surface area contributed by atoms with Gasteiger partial charge in [0.1, 0.15) is 16.7 Å². The number of ether oxygens (including phenoxy) is 4. The van der Waals surface area contributed by atoms with Crippen molar-refractivity contribution in [2.45, 2.75) is 31.1 Å². The monoisotopic (exact) mass is 490 g/mol. The topological polar surface area (TPSA) is 126 Å². The second kappa shape index (κ2) is 8.75. The van der Waals surface area contributed by atoms with Crippen LogP contribution >= 0.6 is 0 Å². The molecule has 9 nitrogen and oxygen atoms in total. The Labute approximate surface area is 207 Å². The number of esters is 1. The summed E-state index contributed by atoms with van der Waals surface area (Å²) in [6, 6.07) is 12.4. The zero-order chi connectivity index (χ0) is 25.6. The van der Waals surface area contributed by atoms with Crippen molar-refractivity contribution in [3.63, 3.8) is 0 Å². The first-order valence-electron chi connectivity index (χ1n) is 11.6. The van der Waals surface area contributed by atoms with Gasteiger partial charge in [-0.05, 0) is 36.6 Å². The molecule has 9 heteroatoms. The summed E-state index contributed by atoms with van der Waals surface area (Å²) in [6.45, 7) is 1.72. The summed E-state index contributed by atoms with van der Waals surface area (Å²) in [5.41, 5.74) is 6.31. The average Bonchev–Trinajstić information content (AvgIpc) is 3.14. The van der Waals surface area contributed by atoms with Gasteiger partial charge in [-0.3, -0.25) is 9.59 Å². The molecule has 2 aliphatic heterocycles. The summed E-state index contributed by atoms with van der Waals surface area (Å²) in [4.78, 5) is 40.7. The molecule has 0 bridgehead atoms. The first-order valence-corrected chi connectivity index (χ1v) is 11.6. The molecule has 1 aliphatic carbocycles. The van der Waals surface area contributed by atoms with Gasteiger partial charge in [-0.1, -0.05) is 24.3 Å². The molecule has 2 heterocycles. The summed E-state index contributed by atoms with van der Waals surface area (Å²) >= 11 is 0. The summed E-state index contributed by atoms with van der Waals surface area (Å²) in [7, 11) is 3.09. The molecule has 2 aromatic rings. The quantitative estimate of drug-likeness (QED) is 0.613. The number of allylic oxidation sites excluding steroid dienone is 1. The summed E-state index contributed by atoms with van der Waals surface area (Å²) < 4.78 is 21.9. The van der Waals surface area contributed by atoms with Crippen molar-refractivity contribution < 1.29 is 33.3 Å². The molecule has 1 amide bonds. The van der Waals surface area contributed by atoms with Gasteiger partial charge in [-0.25, -0.2) is 4.79 Å². The van der Waals surface area contributed by atoms with E-state index in [2.05, 4.69) is 5.32 Å². The number of para-hydroxylation sites is 1. The minimum Gasteiger partial charge on any atom is -0.493 e. The van der Waals surface area contributed by atoms with Crippen LogP contribution in [0, 0.1) is 0 Å². The Balaban J connectivity index is 1.67. The van der Waals surface area contributed by atoms with Gasteiger partial charge < -0.3 is 30.0 Å². The molecule has 0 unspecified atom stereocenters. The highest BCUT2D eigenvalue weighted by molar-refractivity contribution is 6.22. The van der Waals surface area contributed by atoms with Crippen molar-refractivity contribution in [2.75, 3.05) is 26.1 Å². The summed E-state index contributed by atoms with van der Waals surface area (Å²) in [6.07, 6.45) is 0.398. The van der Waals surface area contributed by atoms with Crippen LogP contribution in [-0.2, 0) is 29.3 Å². The third kappa shape index (κ3) is 3.26. The van der Waals surface area contributed by atoms with E-state index in [1.165, 1.54) is 0 Å². The Morgan fingerprint density at radius 1 is 1.11 bits per heavy atom. The Bertz CT molecular complexity index is 1360. The molecule has 2 atom stereocenters. The van der Waals surface area contributed by atoms with Crippen molar-refractivity contribution in [3.05, 3.63) is 76.4 Å². The zero-order valence-electron chi connectivity index (χ0n) is 20.2. The van der Waals surface area contributed by atoms with E-state index in [1.54, 1.807) is 51.5 Å². The fourth-order valence-electron chi connectivity index (χ4n) is 5.44. The maximum absolute atomic E-state index is 13.8. The standard InChI is InChI=1S/C27H26N2O7/c1-4-35-25(31)23-24(28)36-21-13-15(14-9-10-19(33-2)20(12-14)34-3)11-18(30)22(21)27(23)16-7-5-6-8-17(16)29-26(27)32/h5-10,12,15H,4,11,13,28H2,1-3H3,(H,29,32)/t15-,27+/m0/s1. The van der Waals surface area contributed by atoms with E-state index in [0.717, 1.165) is 5.56 Å². The number of hydrogen-bond acceptors (Lipinski definition) is 8. The van der Waals surface area contributed by atoms with Crippen LogP contribution in [0.3, 0.4) is 0 Å². The van der Waals surface area contributed by atoms with Crippen LogP contribution in [0.2, 0.25) is 0 Å². The third-order valence-corrected chi connectivity index (χ3v) is 6.93. The van der Waals surface area contributed by atoms with Crippen LogP contribution in [0.4, 0.5) is 5.69 Å². The number of carbonyl (C=O) groups excluding carboxylic acids is 3. The molecular formula is C27H26N2O7. The minimum atomic E-state index is -1.75. The number of benzene rings is 2. The summed E-state index contributed by atoms with van der Waals surface area (Å²) in [5, 5.41) is 2.82. The molecule has 3 aliphatic rings. The predicted octanol–water partition coefficient (Wildman–Crippen LogP) is 3.06. The van der Waals surface area contributed by atoms with Crippen LogP contribution in [-0.4, -0.2) is 38.5 Å². The molecular weight excluding hydrogens is 464 g/mol. The first kappa shape index (κ1) is 23.5. The number of Topliss-reactive ketones (excluding diaryl/α,β-unsaturated/α-hetero) is 1. The number of nitrogens with one attached hydrogen (secondary N) is 1. The number of rotatable bonds is 5. The van der Waals surface area contributed by atoms with Gasteiger partial charge in [0.2, 0.25) is 11.8 Å². The van der Waals surface area contributed by atoms with Crippen LogP contribution in [0.25, 0.3) is 0 Å². The highest BCUT2D eigenvalue weighted by Gasteiger charge is 2.62. The van der Waals surface area contributed by atoms with Crippen molar-refractivity contribution >= 4 is 23.3 Å². The molecule has 2 aromatic carbocycles. The number of nitrogens with two attached hydrogens (primary N) is 1. The molecule has 0 fully saturated rings. The normalized spacial score (nSPS) is 22.6. The average molecular weight is 491 g/mol. The van der Waals surface area contributed by atoms with Gasteiger partial charge in [0, 0.05) is 24.1 Å². The van der Waals surface area contributed by atoms with Crippen LogP contribution < -0.4 is 20.5 Å². The van der Waals surface area contributed by atoms with Gasteiger partial charge in [-0.2, -0.15) is 0 Å². The smallest absolute Gasteiger partial charge is 0.341 e. The Kier molecular flexibility index (Phi) is 5.70.